The molecule has 90 valence electrons. The first-order valence-corrected chi connectivity index (χ1v) is 6.87. The molecule has 0 spiro atoms. The second kappa shape index (κ2) is 5.51. The van der Waals surface area contributed by atoms with Crippen molar-refractivity contribution < 1.29 is 0 Å². The van der Waals surface area contributed by atoms with Crippen LogP contribution in [0, 0.1) is 11.8 Å². The zero-order chi connectivity index (χ0) is 12.9. The average Bonchev–Trinajstić information content (AvgIpc) is 3.01. The summed E-state index contributed by atoms with van der Waals surface area (Å²) in [7, 11) is 0. The Morgan fingerprint density at radius 2 is 1.74 bits per heavy atom. The van der Waals surface area contributed by atoms with E-state index in [1.807, 2.05) is 54.7 Å². The van der Waals surface area contributed by atoms with Gasteiger partial charge in [0.25, 0.3) is 0 Å². The molecule has 3 rings (SSSR count). The van der Waals surface area contributed by atoms with Gasteiger partial charge in [-0.3, -0.25) is 4.98 Å². The highest BCUT2D eigenvalue weighted by atomic mass is 32.1. The van der Waals surface area contributed by atoms with Crippen molar-refractivity contribution in [3.05, 3.63) is 77.3 Å². The monoisotopic (exact) mass is 261 g/mol. The normalized spacial score (nSPS) is 9.68. The Hall–Kier alpha value is -2.37. The number of aromatic nitrogens is 1. The fraction of sp³-hybridized carbons (Fsp3) is 0. The number of benzene rings is 1. The van der Waals surface area contributed by atoms with Crippen molar-refractivity contribution in [2.24, 2.45) is 0 Å². The molecule has 0 saturated carbocycles. The summed E-state index contributed by atoms with van der Waals surface area (Å²) in [5, 5.41) is 2.05. The van der Waals surface area contributed by atoms with Crippen LogP contribution in [0.15, 0.2) is 66.2 Å². The second-order valence-electron chi connectivity index (χ2n) is 3.99. The third-order valence-corrected chi connectivity index (χ3v) is 3.55. The molecule has 0 bridgehead atoms. The molecule has 0 unspecified atom stereocenters. The van der Waals surface area contributed by atoms with Crippen molar-refractivity contribution in [1.29, 1.82) is 0 Å². The predicted molar refractivity (Wildman–Crippen MR) is 80.0 cm³/mol. The van der Waals surface area contributed by atoms with E-state index in [1.165, 1.54) is 0 Å². The van der Waals surface area contributed by atoms with Gasteiger partial charge in [-0.15, -0.1) is 11.3 Å². The van der Waals surface area contributed by atoms with Crippen LogP contribution in [-0.2, 0) is 0 Å². The summed E-state index contributed by atoms with van der Waals surface area (Å²) in [5.41, 5.74) is 2.94. The standard InChI is InChI=1S/C17H11NS/c1-2-6-14(7-3-1)10-11-15-8-4-12-18-17(15)16-9-5-13-19-16/h1-9,12-13H. The van der Waals surface area contributed by atoms with Gasteiger partial charge < -0.3 is 0 Å². The van der Waals surface area contributed by atoms with Gasteiger partial charge in [0.05, 0.1) is 16.1 Å². The fourth-order valence-electron chi connectivity index (χ4n) is 1.78. The van der Waals surface area contributed by atoms with Crippen LogP contribution < -0.4 is 0 Å². The molecule has 0 radical (unpaired) electrons. The molecular formula is C17H11NS. The largest absolute Gasteiger partial charge is 0.254 e. The third kappa shape index (κ3) is 2.73. The molecule has 2 heterocycles. The Morgan fingerprint density at radius 1 is 0.842 bits per heavy atom. The van der Waals surface area contributed by atoms with Gasteiger partial charge in [0.15, 0.2) is 0 Å². The molecule has 3 aromatic rings. The first kappa shape index (κ1) is 11.7. The van der Waals surface area contributed by atoms with Gasteiger partial charge in [-0.05, 0) is 35.7 Å². The molecule has 1 aromatic carbocycles. The van der Waals surface area contributed by atoms with Crippen LogP contribution in [0.1, 0.15) is 11.1 Å². The molecule has 0 aliphatic rings. The lowest BCUT2D eigenvalue weighted by molar-refractivity contribution is 1.32. The fourth-order valence-corrected chi connectivity index (χ4v) is 2.51. The Labute approximate surface area is 116 Å². The van der Waals surface area contributed by atoms with E-state index in [4.69, 9.17) is 0 Å². The van der Waals surface area contributed by atoms with Crippen LogP contribution in [0.25, 0.3) is 10.6 Å². The highest BCUT2D eigenvalue weighted by Gasteiger charge is 2.04. The van der Waals surface area contributed by atoms with Crippen molar-refractivity contribution in [3.8, 4) is 22.4 Å². The maximum atomic E-state index is 4.44. The molecule has 0 aliphatic heterocycles. The van der Waals surface area contributed by atoms with Crippen molar-refractivity contribution in [3.63, 3.8) is 0 Å². The van der Waals surface area contributed by atoms with E-state index in [1.54, 1.807) is 11.3 Å². The Bertz CT molecular complexity index is 719. The highest BCUT2D eigenvalue weighted by Crippen LogP contribution is 2.25. The summed E-state index contributed by atoms with van der Waals surface area (Å²) < 4.78 is 0. The maximum absolute atomic E-state index is 4.44. The summed E-state index contributed by atoms with van der Waals surface area (Å²) in [6, 6.07) is 18.0. The zero-order valence-corrected chi connectivity index (χ0v) is 11.0. The van der Waals surface area contributed by atoms with E-state index in [9.17, 15) is 0 Å². The molecule has 0 saturated heterocycles. The minimum atomic E-state index is 0.959. The van der Waals surface area contributed by atoms with Crippen LogP contribution >= 0.6 is 11.3 Å². The number of hydrogen-bond donors (Lipinski definition) is 0. The Balaban J connectivity index is 2.01. The van der Waals surface area contributed by atoms with Gasteiger partial charge in [0, 0.05) is 11.8 Å². The average molecular weight is 261 g/mol. The van der Waals surface area contributed by atoms with Crippen LogP contribution in [-0.4, -0.2) is 4.98 Å². The first-order valence-electron chi connectivity index (χ1n) is 5.99. The van der Waals surface area contributed by atoms with Crippen molar-refractivity contribution in [2.45, 2.75) is 0 Å². The summed E-state index contributed by atoms with van der Waals surface area (Å²) in [6.45, 7) is 0. The summed E-state index contributed by atoms with van der Waals surface area (Å²) >= 11 is 1.68. The van der Waals surface area contributed by atoms with Gasteiger partial charge in [0.2, 0.25) is 0 Å². The number of pyridine rings is 1. The number of hydrogen-bond acceptors (Lipinski definition) is 2. The van der Waals surface area contributed by atoms with Crippen LogP contribution in [0.2, 0.25) is 0 Å². The summed E-state index contributed by atoms with van der Waals surface area (Å²) in [4.78, 5) is 5.59. The van der Waals surface area contributed by atoms with Gasteiger partial charge in [-0.2, -0.15) is 0 Å². The van der Waals surface area contributed by atoms with Gasteiger partial charge >= 0.3 is 0 Å². The topological polar surface area (TPSA) is 12.9 Å². The number of nitrogens with zero attached hydrogens (tertiary/aromatic N) is 1. The van der Waals surface area contributed by atoms with E-state index < -0.39 is 0 Å². The third-order valence-electron chi connectivity index (χ3n) is 2.68. The number of rotatable bonds is 1. The zero-order valence-electron chi connectivity index (χ0n) is 10.2. The van der Waals surface area contributed by atoms with Gasteiger partial charge in [-0.1, -0.05) is 36.1 Å². The van der Waals surface area contributed by atoms with Crippen molar-refractivity contribution in [2.75, 3.05) is 0 Å². The first-order chi connectivity index (χ1) is 9.43. The van der Waals surface area contributed by atoms with Crippen molar-refractivity contribution >= 4 is 11.3 Å². The molecule has 0 fully saturated rings. The van der Waals surface area contributed by atoms with E-state index in [0.717, 1.165) is 21.7 Å². The van der Waals surface area contributed by atoms with Crippen LogP contribution in [0.3, 0.4) is 0 Å². The second-order valence-corrected chi connectivity index (χ2v) is 4.94. The lowest BCUT2D eigenvalue weighted by Crippen LogP contribution is -1.85. The lowest BCUT2D eigenvalue weighted by atomic mass is 10.1. The van der Waals surface area contributed by atoms with E-state index in [-0.39, 0.29) is 0 Å². The minimum Gasteiger partial charge on any atom is -0.254 e. The van der Waals surface area contributed by atoms with Gasteiger partial charge in [0.1, 0.15) is 0 Å². The van der Waals surface area contributed by atoms with Crippen LogP contribution in [0.4, 0.5) is 0 Å². The van der Waals surface area contributed by atoms with Gasteiger partial charge in [-0.25, -0.2) is 0 Å². The molecule has 0 aliphatic carbocycles. The quantitative estimate of drug-likeness (QED) is 0.598. The van der Waals surface area contributed by atoms with Crippen molar-refractivity contribution in [1.82, 2.24) is 4.98 Å². The molecule has 2 aromatic heterocycles. The van der Waals surface area contributed by atoms with E-state index in [2.05, 4.69) is 28.3 Å². The molecule has 2 heteroatoms. The van der Waals surface area contributed by atoms with E-state index in [0.29, 0.717) is 0 Å². The Kier molecular flexibility index (Phi) is 3.40. The SMILES string of the molecule is C(#Cc1cccnc1-c1cccs1)c1ccccc1. The molecule has 19 heavy (non-hydrogen) atoms. The summed E-state index contributed by atoms with van der Waals surface area (Å²) in [5.74, 6) is 6.39. The minimum absolute atomic E-state index is 0.959. The lowest BCUT2D eigenvalue weighted by Gasteiger charge is -1.99. The molecular weight excluding hydrogens is 250 g/mol. The molecule has 0 amide bonds. The van der Waals surface area contributed by atoms with Crippen LogP contribution in [0.5, 0.6) is 0 Å². The molecule has 0 atom stereocenters. The smallest absolute Gasteiger partial charge is 0.0958 e. The Morgan fingerprint density at radius 3 is 2.53 bits per heavy atom. The summed E-state index contributed by atoms with van der Waals surface area (Å²) in [6.07, 6.45) is 1.81. The molecule has 0 N–H and O–H groups in total. The maximum Gasteiger partial charge on any atom is 0.0958 e. The highest BCUT2D eigenvalue weighted by molar-refractivity contribution is 7.13. The number of thiophene rings is 1. The predicted octanol–water partition coefficient (Wildman–Crippen LogP) is 4.21. The molecule has 1 nitrogen and oxygen atoms in total. The van der Waals surface area contributed by atoms with E-state index >= 15 is 0 Å².